The molecule has 1 aromatic rings. The van der Waals surface area contributed by atoms with Gasteiger partial charge in [-0.25, -0.2) is 4.79 Å². The van der Waals surface area contributed by atoms with Crippen LogP contribution < -0.4 is 10.6 Å². The Labute approximate surface area is 125 Å². The Morgan fingerprint density at radius 2 is 1.83 bits per heavy atom. The third-order valence-corrected chi connectivity index (χ3v) is 3.43. The maximum atomic E-state index is 11.6. The smallest absolute Gasteiger partial charge is 0.325 e. The van der Waals surface area contributed by atoms with Gasteiger partial charge in [-0.3, -0.25) is 4.79 Å². The van der Waals surface area contributed by atoms with Crippen LogP contribution in [0.1, 0.15) is 6.92 Å². The fraction of sp³-hybridized carbons (Fsp3) is 0.200. The number of hydrogen-bond donors (Lipinski definition) is 3. The third kappa shape index (κ3) is 4.15. The molecule has 0 fully saturated rings. The van der Waals surface area contributed by atoms with Crippen LogP contribution in [0.2, 0.25) is 5.02 Å². The molecule has 1 aromatic carbocycles. The Bertz CT molecular complexity index is 473. The lowest BCUT2D eigenvalue weighted by Crippen LogP contribution is -2.40. The number of aliphatic carboxylic acids is 1. The molecular weight excluding hydrogens is 391 g/mol. The van der Waals surface area contributed by atoms with Gasteiger partial charge in [0.2, 0.25) is 0 Å². The molecule has 0 aliphatic heterocycles. The van der Waals surface area contributed by atoms with Crippen LogP contribution in [-0.4, -0.2) is 23.1 Å². The van der Waals surface area contributed by atoms with E-state index in [2.05, 4.69) is 42.5 Å². The van der Waals surface area contributed by atoms with E-state index in [4.69, 9.17) is 16.7 Å². The molecule has 0 heterocycles. The molecule has 0 bridgehead atoms. The van der Waals surface area contributed by atoms with E-state index in [1.165, 1.54) is 6.92 Å². The zero-order valence-corrected chi connectivity index (χ0v) is 13.1. The number of hydrogen-bond acceptors (Lipinski definition) is 2. The van der Waals surface area contributed by atoms with E-state index < -0.39 is 18.0 Å². The summed E-state index contributed by atoms with van der Waals surface area (Å²) in [4.78, 5) is 22.1. The number of benzene rings is 1. The van der Waals surface area contributed by atoms with Crippen molar-refractivity contribution in [3.63, 3.8) is 0 Å². The molecule has 0 aliphatic carbocycles. The Kier molecular flexibility index (Phi) is 5.43. The van der Waals surface area contributed by atoms with Crippen LogP contribution in [0.5, 0.6) is 0 Å². The summed E-state index contributed by atoms with van der Waals surface area (Å²) in [6.07, 6.45) is 0. The molecule has 1 rings (SSSR count). The lowest BCUT2D eigenvalue weighted by atomic mass is 10.3. The van der Waals surface area contributed by atoms with Gasteiger partial charge in [-0.2, -0.15) is 0 Å². The van der Waals surface area contributed by atoms with Crippen LogP contribution in [0.3, 0.4) is 0 Å². The number of carbonyl (C=O) groups is 2. The molecule has 0 saturated heterocycles. The van der Waals surface area contributed by atoms with Crippen LogP contribution in [0.25, 0.3) is 0 Å². The second-order valence-electron chi connectivity index (χ2n) is 3.40. The molecule has 5 nitrogen and oxygen atoms in total. The predicted octanol–water partition coefficient (Wildman–Crippen LogP) is 3.46. The minimum Gasteiger partial charge on any atom is -0.480 e. The van der Waals surface area contributed by atoms with E-state index in [1.807, 2.05) is 0 Å². The van der Waals surface area contributed by atoms with E-state index in [9.17, 15) is 9.59 Å². The highest BCUT2D eigenvalue weighted by molar-refractivity contribution is 9.11. The molecule has 18 heavy (non-hydrogen) atoms. The summed E-state index contributed by atoms with van der Waals surface area (Å²) in [6.45, 7) is 1.37. The number of rotatable bonds is 3. The van der Waals surface area contributed by atoms with Gasteiger partial charge in [-0.05, 0) is 50.9 Å². The third-order valence-electron chi connectivity index (χ3n) is 1.96. The SMILES string of the molecule is C[C@H](NC(=O)Nc1c(Br)cc(Cl)cc1Br)C(=O)O. The molecule has 2 amide bonds. The van der Waals surface area contributed by atoms with Gasteiger partial charge in [-0.15, -0.1) is 0 Å². The van der Waals surface area contributed by atoms with Gasteiger partial charge in [0.25, 0.3) is 0 Å². The van der Waals surface area contributed by atoms with E-state index in [-0.39, 0.29) is 0 Å². The highest BCUT2D eigenvalue weighted by atomic mass is 79.9. The molecule has 98 valence electrons. The fourth-order valence-electron chi connectivity index (χ4n) is 1.07. The highest BCUT2D eigenvalue weighted by Crippen LogP contribution is 2.34. The Morgan fingerprint density at radius 3 is 2.28 bits per heavy atom. The van der Waals surface area contributed by atoms with Crippen molar-refractivity contribution in [1.82, 2.24) is 5.32 Å². The number of carbonyl (C=O) groups excluding carboxylic acids is 1. The average molecular weight is 400 g/mol. The summed E-state index contributed by atoms with van der Waals surface area (Å²) >= 11 is 12.3. The molecule has 1 atom stereocenters. The molecule has 0 radical (unpaired) electrons. The molecule has 0 aliphatic rings. The van der Waals surface area contributed by atoms with Gasteiger partial charge >= 0.3 is 12.0 Å². The Balaban J connectivity index is 2.80. The minimum atomic E-state index is -1.11. The van der Waals surface area contributed by atoms with Crippen molar-refractivity contribution >= 4 is 61.1 Å². The van der Waals surface area contributed by atoms with Gasteiger partial charge in [0, 0.05) is 14.0 Å². The van der Waals surface area contributed by atoms with Crippen molar-refractivity contribution in [3.8, 4) is 0 Å². The van der Waals surface area contributed by atoms with E-state index in [0.717, 1.165) is 0 Å². The molecule has 3 N–H and O–H groups in total. The van der Waals surface area contributed by atoms with E-state index in [0.29, 0.717) is 19.7 Å². The first-order valence-electron chi connectivity index (χ1n) is 4.76. The standard InChI is InChI=1S/C10H9Br2ClN2O3/c1-4(9(16)17)14-10(18)15-8-6(11)2-5(13)3-7(8)12/h2-4H,1H3,(H,16,17)(H2,14,15,18)/t4-/m0/s1. The number of carboxylic acids is 1. The van der Waals surface area contributed by atoms with Gasteiger partial charge in [0.1, 0.15) is 6.04 Å². The number of nitrogens with one attached hydrogen (secondary N) is 2. The molecule has 0 aromatic heterocycles. The largest absolute Gasteiger partial charge is 0.480 e. The normalized spacial score (nSPS) is 11.8. The maximum absolute atomic E-state index is 11.6. The van der Waals surface area contributed by atoms with Crippen molar-refractivity contribution < 1.29 is 14.7 Å². The molecule has 8 heteroatoms. The van der Waals surface area contributed by atoms with E-state index >= 15 is 0 Å². The molecule has 0 saturated carbocycles. The van der Waals surface area contributed by atoms with Gasteiger partial charge in [0.15, 0.2) is 0 Å². The van der Waals surface area contributed by atoms with Crippen molar-refractivity contribution in [2.24, 2.45) is 0 Å². The van der Waals surface area contributed by atoms with Gasteiger partial charge < -0.3 is 15.7 Å². The molecule has 0 unspecified atom stereocenters. The van der Waals surface area contributed by atoms with Crippen molar-refractivity contribution in [2.45, 2.75) is 13.0 Å². The number of carboxylic acid groups (broad SMARTS) is 1. The highest BCUT2D eigenvalue weighted by Gasteiger charge is 2.16. The quantitative estimate of drug-likeness (QED) is 0.727. The summed E-state index contributed by atoms with van der Waals surface area (Å²) in [7, 11) is 0. The van der Waals surface area contributed by atoms with Gasteiger partial charge in [-0.1, -0.05) is 11.6 Å². The second kappa shape index (κ2) is 6.40. The van der Waals surface area contributed by atoms with Crippen LogP contribution >= 0.6 is 43.5 Å². The predicted molar refractivity (Wildman–Crippen MR) is 76.1 cm³/mol. The average Bonchev–Trinajstić information content (AvgIpc) is 2.23. The topological polar surface area (TPSA) is 78.4 Å². The molecular formula is C10H9Br2ClN2O3. The van der Waals surface area contributed by atoms with Crippen LogP contribution in [0.15, 0.2) is 21.1 Å². The first-order chi connectivity index (χ1) is 8.31. The first kappa shape index (κ1) is 15.3. The zero-order chi connectivity index (χ0) is 13.9. The number of anilines is 1. The summed E-state index contributed by atoms with van der Waals surface area (Å²) in [5, 5.41) is 14.0. The lowest BCUT2D eigenvalue weighted by molar-refractivity contribution is -0.138. The summed E-state index contributed by atoms with van der Waals surface area (Å²) in [6, 6.07) is 1.63. The monoisotopic (exact) mass is 398 g/mol. The lowest BCUT2D eigenvalue weighted by Gasteiger charge is -2.13. The first-order valence-corrected chi connectivity index (χ1v) is 6.72. The number of amides is 2. The Hall–Kier alpha value is -0.790. The zero-order valence-electron chi connectivity index (χ0n) is 9.13. The van der Waals surface area contributed by atoms with E-state index in [1.54, 1.807) is 12.1 Å². The Morgan fingerprint density at radius 1 is 1.33 bits per heavy atom. The second-order valence-corrected chi connectivity index (χ2v) is 5.55. The number of halogens is 3. The van der Waals surface area contributed by atoms with Gasteiger partial charge in [0.05, 0.1) is 5.69 Å². The number of urea groups is 1. The van der Waals surface area contributed by atoms with Crippen molar-refractivity contribution in [2.75, 3.05) is 5.32 Å². The van der Waals surface area contributed by atoms with Crippen LogP contribution in [0, 0.1) is 0 Å². The van der Waals surface area contributed by atoms with Crippen molar-refractivity contribution in [1.29, 1.82) is 0 Å². The minimum absolute atomic E-state index is 0.467. The summed E-state index contributed by atoms with van der Waals surface area (Å²) < 4.78 is 1.17. The molecule has 0 spiro atoms. The maximum Gasteiger partial charge on any atom is 0.325 e. The fourth-order valence-corrected chi connectivity index (χ4v) is 2.94. The van der Waals surface area contributed by atoms with Crippen molar-refractivity contribution in [3.05, 3.63) is 26.1 Å². The van der Waals surface area contributed by atoms with Crippen LogP contribution in [0.4, 0.5) is 10.5 Å². The summed E-state index contributed by atoms with van der Waals surface area (Å²) in [5.74, 6) is -1.11. The summed E-state index contributed by atoms with van der Waals surface area (Å²) in [5.41, 5.74) is 0.467. The van der Waals surface area contributed by atoms with Crippen LogP contribution in [-0.2, 0) is 4.79 Å².